The molecule has 0 radical (unpaired) electrons. The van der Waals surface area contributed by atoms with Gasteiger partial charge in [-0.1, -0.05) is 24.3 Å². The second-order valence-corrected chi connectivity index (χ2v) is 4.45. The Morgan fingerprint density at radius 1 is 1.53 bits per heavy atom. The van der Waals surface area contributed by atoms with E-state index in [1.54, 1.807) is 6.92 Å². The Morgan fingerprint density at radius 3 is 2.71 bits per heavy atom. The van der Waals surface area contributed by atoms with Crippen LogP contribution in [-0.2, 0) is 4.79 Å². The van der Waals surface area contributed by atoms with Crippen LogP contribution in [0.5, 0.6) is 0 Å². The van der Waals surface area contributed by atoms with Gasteiger partial charge in [-0.25, -0.2) is 4.79 Å². The van der Waals surface area contributed by atoms with Gasteiger partial charge in [0.2, 0.25) is 0 Å². The number of aliphatic carboxylic acids is 1. The monoisotopic (exact) mass is 257 g/mol. The van der Waals surface area contributed by atoms with Crippen molar-refractivity contribution in [3.63, 3.8) is 0 Å². The van der Waals surface area contributed by atoms with Crippen molar-refractivity contribution >= 4 is 23.4 Å². The molecule has 7 heteroatoms. The molecule has 1 amide bonds. The van der Waals surface area contributed by atoms with Crippen LogP contribution in [0.25, 0.3) is 0 Å². The average molecular weight is 257 g/mol. The molecule has 1 heterocycles. The van der Waals surface area contributed by atoms with Crippen LogP contribution >= 0.6 is 11.5 Å². The van der Waals surface area contributed by atoms with E-state index in [9.17, 15) is 9.59 Å². The number of rotatable bonds is 6. The Hall–Kier alpha value is -1.50. The normalized spacial score (nSPS) is 12.1. The molecule has 6 nitrogen and oxygen atoms in total. The van der Waals surface area contributed by atoms with Crippen LogP contribution in [0.15, 0.2) is 0 Å². The van der Waals surface area contributed by atoms with Gasteiger partial charge in [0.25, 0.3) is 5.91 Å². The number of nitrogens with zero attached hydrogens (tertiary/aromatic N) is 2. The van der Waals surface area contributed by atoms with Gasteiger partial charge in [-0.05, 0) is 24.9 Å². The Morgan fingerprint density at radius 2 is 2.24 bits per heavy atom. The van der Waals surface area contributed by atoms with Crippen molar-refractivity contribution in [3.05, 3.63) is 10.6 Å². The molecule has 0 aliphatic rings. The van der Waals surface area contributed by atoms with Crippen molar-refractivity contribution in [1.82, 2.24) is 14.9 Å². The van der Waals surface area contributed by atoms with Gasteiger partial charge >= 0.3 is 5.97 Å². The molecule has 0 saturated carbocycles. The summed E-state index contributed by atoms with van der Waals surface area (Å²) in [4.78, 5) is 23.1. The quantitative estimate of drug-likeness (QED) is 0.799. The molecule has 0 saturated heterocycles. The molecule has 0 fully saturated rings. The fourth-order valence-electron chi connectivity index (χ4n) is 1.33. The first-order chi connectivity index (χ1) is 8.06. The summed E-state index contributed by atoms with van der Waals surface area (Å²) in [7, 11) is 0. The number of carbonyl (C=O) groups is 2. The minimum absolute atomic E-state index is 0.368. The molecular formula is C10H15N3O3S. The maximum Gasteiger partial charge on any atom is 0.326 e. The van der Waals surface area contributed by atoms with Crippen molar-refractivity contribution in [1.29, 1.82) is 0 Å². The number of unbranched alkanes of at least 4 members (excludes halogenated alkanes) is 1. The highest BCUT2D eigenvalue weighted by Gasteiger charge is 2.22. The predicted octanol–water partition coefficient (Wildman–Crippen LogP) is 1.22. The average Bonchev–Trinajstić information content (AvgIpc) is 2.70. The van der Waals surface area contributed by atoms with E-state index in [1.807, 2.05) is 6.92 Å². The highest BCUT2D eigenvalue weighted by Crippen LogP contribution is 2.10. The summed E-state index contributed by atoms with van der Waals surface area (Å²) in [6.07, 6.45) is 2.08. The van der Waals surface area contributed by atoms with Gasteiger partial charge in [-0.15, -0.1) is 5.10 Å². The van der Waals surface area contributed by atoms with E-state index in [1.165, 1.54) is 0 Å². The molecule has 1 atom stereocenters. The highest BCUT2D eigenvalue weighted by atomic mass is 32.1. The molecule has 0 unspecified atom stereocenters. The SMILES string of the molecule is CCCC[C@H](NC(=O)c1snnc1C)C(=O)O. The molecule has 0 aromatic carbocycles. The predicted molar refractivity (Wildman–Crippen MR) is 63.1 cm³/mol. The number of hydrogen-bond acceptors (Lipinski definition) is 5. The maximum absolute atomic E-state index is 11.8. The van der Waals surface area contributed by atoms with E-state index in [0.29, 0.717) is 17.0 Å². The minimum atomic E-state index is -1.01. The van der Waals surface area contributed by atoms with E-state index >= 15 is 0 Å². The second-order valence-electron chi connectivity index (χ2n) is 3.69. The van der Waals surface area contributed by atoms with Crippen LogP contribution in [0.1, 0.15) is 41.6 Å². The lowest BCUT2D eigenvalue weighted by Crippen LogP contribution is -2.40. The lowest BCUT2D eigenvalue weighted by atomic mass is 10.1. The van der Waals surface area contributed by atoms with Gasteiger partial charge in [0.1, 0.15) is 10.9 Å². The first-order valence-corrected chi connectivity index (χ1v) is 6.16. The van der Waals surface area contributed by atoms with Crippen molar-refractivity contribution < 1.29 is 14.7 Å². The maximum atomic E-state index is 11.8. The van der Waals surface area contributed by atoms with Gasteiger partial charge < -0.3 is 10.4 Å². The first-order valence-electron chi connectivity index (χ1n) is 5.38. The summed E-state index contributed by atoms with van der Waals surface area (Å²) in [5.41, 5.74) is 0.520. The van der Waals surface area contributed by atoms with E-state index in [4.69, 9.17) is 5.11 Å². The zero-order valence-corrected chi connectivity index (χ0v) is 10.6. The summed E-state index contributed by atoms with van der Waals surface area (Å²) >= 11 is 0.969. The van der Waals surface area contributed by atoms with Gasteiger partial charge in [0.15, 0.2) is 0 Å². The van der Waals surface area contributed by atoms with Crippen LogP contribution < -0.4 is 5.32 Å². The summed E-state index contributed by atoms with van der Waals surface area (Å²) in [6.45, 7) is 3.64. The lowest BCUT2D eigenvalue weighted by Gasteiger charge is -2.13. The van der Waals surface area contributed by atoms with Crippen LogP contribution in [0.2, 0.25) is 0 Å². The fraction of sp³-hybridized carbons (Fsp3) is 0.600. The van der Waals surface area contributed by atoms with Gasteiger partial charge in [0.05, 0.1) is 5.69 Å². The number of carboxylic acid groups (broad SMARTS) is 1. The van der Waals surface area contributed by atoms with Crippen molar-refractivity contribution in [2.45, 2.75) is 39.2 Å². The number of amides is 1. The number of carboxylic acids is 1. The highest BCUT2D eigenvalue weighted by molar-refractivity contribution is 7.08. The van der Waals surface area contributed by atoms with E-state index < -0.39 is 17.9 Å². The number of aryl methyl sites for hydroxylation is 1. The van der Waals surface area contributed by atoms with Crippen molar-refractivity contribution in [2.75, 3.05) is 0 Å². The third-order valence-electron chi connectivity index (χ3n) is 2.31. The molecule has 0 spiro atoms. The molecule has 2 N–H and O–H groups in total. The smallest absolute Gasteiger partial charge is 0.326 e. The molecule has 1 aromatic rings. The molecule has 0 aliphatic heterocycles. The Labute approximate surface area is 103 Å². The Balaban J connectivity index is 2.64. The van der Waals surface area contributed by atoms with Gasteiger partial charge in [-0.3, -0.25) is 4.79 Å². The lowest BCUT2D eigenvalue weighted by molar-refractivity contribution is -0.139. The first kappa shape index (κ1) is 13.6. The second kappa shape index (κ2) is 6.29. The third kappa shape index (κ3) is 3.77. The van der Waals surface area contributed by atoms with Gasteiger partial charge in [0, 0.05) is 0 Å². The summed E-state index contributed by atoms with van der Waals surface area (Å²) in [5, 5.41) is 15.2. The largest absolute Gasteiger partial charge is 0.480 e. The van der Waals surface area contributed by atoms with Crippen LogP contribution in [0.4, 0.5) is 0 Å². The number of carbonyl (C=O) groups excluding carboxylic acids is 1. The molecule has 17 heavy (non-hydrogen) atoms. The van der Waals surface area contributed by atoms with Crippen LogP contribution in [0.3, 0.4) is 0 Å². The summed E-state index contributed by atoms with van der Waals surface area (Å²) in [6, 6.07) is -0.844. The fourth-order valence-corrected chi connectivity index (χ4v) is 1.89. The summed E-state index contributed by atoms with van der Waals surface area (Å²) < 4.78 is 3.64. The standard InChI is InChI=1S/C10H15N3O3S/c1-3-4-5-7(10(15)16)11-9(14)8-6(2)12-13-17-8/h7H,3-5H2,1-2H3,(H,11,14)(H,15,16)/t7-/m0/s1. The molecule has 1 aromatic heterocycles. The van der Waals surface area contributed by atoms with E-state index in [-0.39, 0.29) is 0 Å². The van der Waals surface area contributed by atoms with Crippen LogP contribution in [-0.4, -0.2) is 32.6 Å². The molecule has 94 valence electrons. The van der Waals surface area contributed by atoms with E-state index in [0.717, 1.165) is 24.4 Å². The number of aromatic nitrogens is 2. The summed E-state index contributed by atoms with van der Waals surface area (Å²) in [5.74, 6) is -1.43. The Bertz CT molecular complexity index is 405. The van der Waals surface area contributed by atoms with Crippen LogP contribution in [0, 0.1) is 6.92 Å². The number of hydrogen-bond donors (Lipinski definition) is 2. The van der Waals surface area contributed by atoms with Crippen molar-refractivity contribution in [2.24, 2.45) is 0 Å². The molecule has 1 rings (SSSR count). The topological polar surface area (TPSA) is 92.2 Å². The van der Waals surface area contributed by atoms with Gasteiger partial charge in [-0.2, -0.15) is 0 Å². The number of nitrogens with one attached hydrogen (secondary N) is 1. The molecule has 0 aliphatic carbocycles. The van der Waals surface area contributed by atoms with E-state index in [2.05, 4.69) is 14.9 Å². The Kier molecular flexibility index (Phi) is 5.02. The molecular weight excluding hydrogens is 242 g/mol. The zero-order chi connectivity index (χ0) is 12.8. The third-order valence-corrected chi connectivity index (χ3v) is 3.13. The minimum Gasteiger partial charge on any atom is -0.480 e. The zero-order valence-electron chi connectivity index (χ0n) is 9.77. The van der Waals surface area contributed by atoms with Crippen molar-refractivity contribution in [3.8, 4) is 0 Å². The molecule has 0 bridgehead atoms.